The van der Waals surface area contributed by atoms with Crippen LogP contribution < -0.4 is 5.32 Å². The van der Waals surface area contributed by atoms with Gasteiger partial charge in [-0.05, 0) is 74.5 Å². The highest BCUT2D eigenvalue weighted by atomic mass is 35.5. The van der Waals surface area contributed by atoms with Crippen molar-refractivity contribution in [2.45, 2.75) is 32.7 Å². The van der Waals surface area contributed by atoms with Gasteiger partial charge in [0.25, 0.3) is 5.91 Å². The number of anilines is 1. The van der Waals surface area contributed by atoms with Gasteiger partial charge in [0.1, 0.15) is 5.00 Å². The summed E-state index contributed by atoms with van der Waals surface area (Å²) in [6.07, 6.45) is 2.41. The lowest BCUT2D eigenvalue weighted by Gasteiger charge is -2.29. The van der Waals surface area contributed by atoms with Crippen LogP contribution in [0.15, 0.2) is 41.8 Å². The van der Waals surface area contributed by atoms with Crippen LogP contribution in [0.25, 0.3) is 0 Å². The van der Waals surface area contributed by atoms with Gasteiger partial charge < -0.3 is 5.32 Å². The molecule has 0 saturated carbocycles. The van der Waals surface area contributed by atoms with Crippen molar-refractivity contribution < 1.29 is 4.79 Å². The number of nitrogens with one attached hydrogen (secondary N) is 1. The summed E-state index contributed by atoms with van der Waals surface area (Å²) in [6, 6.07) is 12.0. The van der Waals surface area contributed by atoms with E-state index < -0.39 is 0 Å². The van der Waals surface area contributed by atoms with Crippen LogP contribution in [-0.2, 0) is 0 Å². The van der Waals surface area contributed by atoms with Crippen molar-refractivity contribution in [3.63, 3.8) is 0 Å². The van der Waals surface area contributed by atoms with Gasteiger partial charge in [-0.2, -0.15) is 0 Å². The van der Waals surface area contributed by atoms with E-state index in [-0.39, 0.29) is 11.9 Å². The second-order valence-electron chi connectivity index (χ2n) is 7.16. The Balaban J connectivity index is 1.78. The number of thiophene rings is 2. The highest BCUT2D eigenvalue weighted by molar-refractivity contribution is 7.17. The van der Waals surface area contributed by atoms with Crippen LogP contribution in [0.3, 0.4) is 0 Å². The maximum Gasteiger partial charge on any atom is 0.266 e. The summed E-state index contributed by atoms with van der Waals surface area (Å²) in [5.41, 5.74) is 3.64. The predicted molar refractivity (Wildman–Crippen MR) is 120 cm³/mol. The van der Waals surface area contributed by atoms with E-state index in [9.17, 15) is 4.79 Å². The molecule has 1 fully saturated rings. The molecule has 2 aromatic heterocycles. The Hall–Kier alpha value is -1.66. The normalized spacial score (nSPS) is 15.7. The molecule has 0 aliphatic carbocycles. The van der Waals surface area contributed by atoms with Gasteiger partial charge in [-0.25, -0.2) is 0 Å². The number of hydrogen-bond donors (Lipinski definition) is 1. The molecule has 3 nitrogen and oxygen atoms in total. The number of halogens is 1. The van der Waals surface area contributed by atoms with E-state index in [0.29, 0.717) is 0 Å². The fraction of sp³-hybridized carbons (Fsp3) is 0.318. The molecular formula is C22H23ClN2OS2. The van der Waals surface area contributed by atoms with Crippen molar-refractivity contribution >= 4 is 45.2 Å². The Morgan fingerprint density at radius 3 is 2.64 bits per heavy atom. The first-order valence-electron chi connectivity index (χ1n) is 9.49. The number of rotatable bonds is 5. The number of carbonyl (C=O) groups is 1. The quantitative estimate of drug-likeness (QED) is 0.499. The topological polar surface area (TPSA) is 32.3 Å². The molecule has 0 bridgehead atoms. The molecule has 0 unspecified atom stereocenters. The molecule has 3 heterocycles. The first-order chi connectivity index (χ1) is 13.5. The third-order valence-corrected chi connectivity index (χ3v) is 7.59. The number of hydrogen-bond acceptors (Lipinski definition) is 4. The van der Waals surface area contributed by atoms with Crippen LogP contribution in [0.2, 0.25) is 5.02 Å². The summed E-state index contributed by atoms with van der Waals surface area (Å²) in [7, 11) is 0. The smallest absolute Gasteiger partial charge is 0.266 e. The Bertz CT molecular complexity index is 975. The van der Waals surface area contributed by atoms with Gasteiger partial charge in [-0.1, -0.05) is 29.8 Å². The minimum Gasteiger partial charge on any atom is -0.313 e. The molecule has 4 rings (SSSR count). The summed E-state index contributed by atoms with van der Waals surface area (Å²) in [4.78, 5) is 17.2. The van der Waals surface area contributed by atoms with Gasteiger partial charge in [-0.3, -0.25) is 9.69 Å². The number of amides is 1. The molecular weight excluding hydrogens is 408 g/mol. The molecule has 1 saturated heterocycles. The van der Waals surface area contributed by atoms with Crippen molar-refractivity contribution in [2.75, 3.05) is 18.4 Å². The molecule has 1 amide bonds. The molecule has 0 radical (unpaired) electrons. The van der Waals surface area contributed by atoms with E-state index in [1.54, 1.807) is 11.3 Å². The second kappa shape index (κ2) is 8.37. The molecule has 1 atom stereocenters. The molecule has 0 spiro atoms. The van der Waals surface area contributed by atoms with E-state index in [1.807, 2.05) is 29.6 Å². The van der Waals surface area contributed by atoms with E-state index >= 15 is 0 Å². The van der Waals surface area contributed by atoms with Crippen LogP contribution in [0.1, 0.15) is 50.1 Å². The minimum absolute atomic E-state index is 0.0382. The lowest BCUT2D eigenvalue weighted by molar-refractivity contribution is 0.103. The zero-order valence-corrected chi connectivity index (χ0v) is 18.4. The Morgan fingerprint density at radius 2 is 1.96 bits per heavy atom. The predicted octanol–water partition coefficient (Wildman–Crippen LogP) is 6.52. The lowest BCUT2D eigenvalue weighted by atomic mass is 9.95. The number of benzene rings is 1. The summed E-state index contributed by atoms with van der Waals surface area (Å²) in [5.74, 6) is -0.0382. The van der Waals surface area contributed by atoms with E-state index in [1.165, 1.54) is 45.7 Å². The van der Waals surface area contributed by atoms with Crippen molar-refractivity contribution in [1.82, 2.24) is 4.90 Å². The second-order valence-corrected chi connectivity index (χ2v) is 9.77. The van der Waals surface area contributed by atoms with Gasteiger partial charge in [0, 0.05) is 15.5 Å². The molecule has 28 heavy (non-hydrogen) atoms. The number of nitrogens with zero attached hydrogens (tertiary/aromatic N) is 1. The molecule has 6 heteroatoms. The van der Waals surface area contributed by atoms with Crippen molar-refractivity contribution in [2.24, 2.45) is 0 Å². The highest BCUT2D eigenvalue weighted by Gasteiger charge is 2.31. The average molecular weight is 431 g/mol. The lowest BCUT2D eigenvalue weighted by Crippen LogP contribution is -2.27. The van der Waals surface area contributed by atoms with Crippen LogP contribution in [-0.4, -0.2) is 23.9 Å². The first kappa shape index (κ1) is 19.6. The average Bonchev–Trinajstić information content (AvgIpc) is 3.42. The standard InChI is InChI=1S/C22H23ClN2OS2/c1-14-15(2)28-22(24-21(26)18-9-6-12-27-18)19(14)20(25-10-3-4-11-25)16-7-5-8-17(23)13-16/h5-9,12-13,20H,3-4,10-11H2,1-2H3,(H,24,26)/t20-/m0/s1. The largest absolute Gasteiger partial charge is 0.313 e. The van der Waals surface area contributed by atoms with Gasteiger partial charge >= 0.3 is 0 Å². The minimum atomic E-state index is -0.0382. The van der Waals surface area contributed by atoms with E-state index in [2.05, 4.69) is 36.2 Å². The first-order valence-corrected chi connectivity index (χ1v) is 11.6. The zero-order chi connectivity index (χ0) is 19.7. The molecule has 146 valence electrons. The maximum absolute atomic E-state index is 12.8. The van der Waals surface area contributed by atoms with E-state index in [4.69, 9.17) is 11.6 Å². The molecule has 1 aliphatic rings. The summed E-state index contributed by atoms with van der Waals surface area (Å²) in [6.45, 7) is 6.41. The maximum atomic E-state index is 12.8. The van der Waals surface area contributed by atoms with Gasteiger partial charge in [0.15, 0.2) is 0 Å². The van der Waals surface area contributed by atoms with Crippen LogP contribution in [0, 0.1) is 13.8 Å². The third kappa shape index (κ3) is 3.90. The number of carbonyl (C=O) groups excluding carboxylic acids is 1. The zero-order valence-electron chi connectivity index (χ0n) is 16.0. The van der Waals surface area contributed by atoms with Crippen LogP contribution >= 0.6 is 34.3 Å². The van der Waals surface area contributed by atoms with Gasteiger partial charge in [0.05, 0.1) is 10.9 Å². The summed E-state index contributed by atoms with van der Waals surface area (Å²) in [5, 5.41) is 6.82. The molecule has 1 aromatic carbocycles. The van der Waals surface area contributed by atoms with E-state index in [0.717, 1.165) is 28.0 Å². The Kier molecular flexibility index (Phi) is 5.88. The van der Waals surface area contributed by atoms with Gasteiger partial charge in [-0.15, -0.1) is 22.7 Å². The molecule has 1 aliphatic heterocycles. The SMILES string of the molecule is Cc1sc(NC(=O)c2cccs2)c([C@H](c2cccc(Cl)c2)N2CCCC2)c1C. The number of likely N-dealkylation sites (tertiary alicyclic amines) is 1. The fourth-order valence-electron chi connectivity index (χ4n) is 3.88. The molecule has 3 aromatic rings. The van der Waals surface area contributed by atoms with Crippen LogP contribution in [0.5, 0.6) is 0 Å². The van der Waals surface area contributed by atoms with Gasteiger partial charge in [0.2, 0.25) is 0 Å². The summed E-state index contributed by atoms with van der Waals surface area (Å²) >= 11 is 9.46. The summed E-state index contributed by atoms with van der Waals surface area (Å²) < 4.78 is 0. The van der Waals surface area contributed by atoms with Crippen molar-refractivity contribution in [3.05, 3.63) is 73.2 Å². The van der Waals surface area contributed by atoms with Crippen molar-refractivity contribution in [3.8, 4) is 0 Å². The Labute approximate surface area is 179 Å². The number of aryl methyl sites for hydroxylation is 1. The fourth-order valence-corrected chi connectivity index (χ4v) is 5.78. The monoisotopic (exact) mass is 430 g/mol. The Morgan fingerprint density at radius 1 is 1.18 bits per heavy atom. The highest BCUT2D eigenvalue weighted by Crippen LogP contribution is 2.43. The molecule has 1 N–H and O–H groups in total. The third-order valence-electron chi connectivity index (χ3n) is 5.35. The van der Waals surface area contributed by atoms with Crippen LogP contribution in [0.4, 0.5) is 5.00 Å². The van der Waals surface area contributed by atoms with Crippen molar-refractivity contribution in [1.29, 1.82) is 0 Å².